The summed E-state index contributed by atoms with van der Waals surface area (Å²) in [7, 11) is 1.33. The highest BCUT2D eigenvalue weighted by atomic mass is 16.5. The van der Waals surface area contributed by atoms with Crippen molar-refractivity contribution in [1.29, 1.82) is 0 Å². The van der Waals surface area contributed by atoms with Gasteiger partial charge in [0.1, 0.15) is 0 Å². The van der Waals surface area contributed by atoms with E-state index in [2.05, 4.69) is 23.0 Å². The SMILES string of the molecule is C=Cc1cccc(C(=O)OC)c1N=C. The molecule has 0 atom stereocenters. The van der Waals surface area contributed by atoms with Crippen molar-refractivity contribution in [2.75, 3.05) is 7.11 Å². The Morgan fingerprint density at radius 1 is 1.57 bits per heavy atom. The molecule has 0 aromatic heterocycles. The van der Waals surface area contributed by atoms with Crippen molar-refractivity contribution < 1.29 is 9.53 Å². The van der Waals surface area contributed by atoms with Crippen LogP contribution in [0, 0.1) is 0 Å². The molecule has 0 N–H and O–H groups in total. The molecule has 0 aliphatic rings. The van der Waals surface area contributed by atoms with Gasteiger partial charge in [0.15, 0.2) is 0 Å². The molecule has 1 rings (SSSR count). The van der Waals surface area contributed by atoms with Gasteiger partial charge in [-0.25, -0.2) is 4.79 Å². The molecule has 0 saturated carbocycles. The van der Waals surface area contributed by atoms with Crippen LogP contribution in [0.5, 0.6) is 0 Å². The zero-order valence-electron chi connectivity index (χ0n) is 7.99. The molecular formula is C11H11NO2. The van der Waals surface area contributed by atoms with Gasteiger partial charge >= 0.3 is 5.97 Å². The van der Waals surface area contributed by atoms with Crippen LogP contribution < -0.4 is 0 Å². The average molecular weight is 189 g/mol. The topological polar surface area (TPSA) is 38.7 Å². The van der Waals surface area contributed by atoms with Crippen molar-refractivity contribution in [3.63, 3.8) is 0 Å². The molecule has 3 nitrogen and oxygen atoms in total. The van der Waals surface area contributed by atoms with E-state index in [1.165, 1.54) is 7.11 Å². The Hall–Kier alpha value is -1.90. The van der Waals surface area contributed by atoms with Gasteiger partial charge in [-0.05, 0) is 12.8 Å². The molecule has 0 unspecified atom stereocenters. The molecule has 0 spiro atoms. The molecule has 0 saturated heterocycles. The third kappa shape index (κ3) is 1.71. The van der Waals surface area contributed by atoms with E-state index in [0.29, 0.717) is 11.3 Å². The lowest BCUT2D eigenvalue weighted by Crippen LogP contribution is -2.01. The standard InChI is InChI=1S/C11H11NO2/c1-4-8-6-5-7-9(10(8)12-2)11(13)14-3/h4-7H,1-2H2,3H3. The number of hydrogen-bond acceptors (Lipinski definition) is 3. The van der Waals surface area contributed by atoms with Crippen LogP contribution >= 0.6 is 0 Å². The monoisotopic (exact) mass is 189 g/mol. The quantitative estimate of drug-likeness (QED) is 0.541. The normalized spacial score (nSPS) is 9.21. The maximum absolute atomic E-state index is 11.3. The van der Waals surface area contributed by atoms with Crippen LogP contribution in [0.4, 0.5) is 5.69 Å². The summed E-state index contributed by atoms with van der Waals surface area (Å²) in [5, 5.41) is 0. The van der Waals surface area contributed by atoms with Crippen molar-refractivity contribution in [2.24, 2.45) is 4.99 Å². The molecule has 0 aliphatic heterocycles. The van der Waals surface area contributed by atoms with E-state index >= 15 is 0 Å². The number of esters is 1. The Bertz CT molecular complexity index is 383. The second-order valence-electron chi connectivity index (χ2n) is 2.60. The van der Waals surface area contributed by atoms with E-state index in [1.54, 1.807) is 18.2 Å². The van der Waals surface area contributed by atoms with Gasteiger partial charge in [-0.3, -0.25) is 4.99 Å². The van der Waals surface area contributed by atoms with Crippen LogP contribution in [0.25, 0.3) is 6.08 Å². The molecule has 72 valence electrons. The Labute approximate surface area is 82.7 Å². The van der Waals surface area contributed by atoms with Crippen LogP contribution in [-0.2, 0) is 4.74 Å². The number of rotatable bonds is 3. The molecule has 14 heavy (non-hydrogen) atoms. The van der Waals surface area contributed by atoms with Gasteiger partial charge in [-0.2, -0.15) is 0 Å². The Balaban J connectivity index is 3.35. The molecule has 1 aromatic carbocycles. The van der Waals surface area contributed by atoms with E-state index in [-0.39, 0.29) is 0 Å². The summed E-state index contributed by atoms with van der Waals surface area (Å²) in [5.74, 6) is -0.420. The Morgan fingerprint density at radius 2 is 2.29 bits per heavy atom. The molecular weight excluding hydrogens is 178 g/mol. The number of para-hydroxylation sites is 1. The predicted octanol–water partition coefficient (Wildman–Crippen LogP) is 2.45. The van der Waals surface area contributed by atoms with Gasteiger partial charge in [0.25, 0.3) is 0 Å². The molecule has 1 aromatic rings. The molecule has 0 bridgehead atoms. The summed E-state index contributed by atoms with van der Waals surface area (Å²) < 4.78 is 4.62. The van der Waals surface area contributed by atoms with Crippen LogP contribution in [-0.4, -0.2) is 19.8 Å². The van der Waals surface area contributed by atoms with Crippen LogP contribution in [0.2, 0.25) is 0 Å². The van der Waals surface area contributed by atoms with Crippen LogP contribution in [0.15, 0.2) is 29.8 Å². The predicted molar refractivity (Wildman–Crippen MR) is 57.1 cm³/mol. The number of carbonyl (C=O) groups is 1. The number of carbonyl (C=O) groups excluding carboxylic acids is 1. The zero-order chi connectivity index (χ0) is 10.6. The maximum atomic E-state index is 11.3. The zero-order valence-corrected chi connectivity index (χ0v) is 7.99. The van der Waals surface area contributed by atoms with Gasteiger partial charge in [0.2, 0.25) is 0 Å². The van der Waals surface area contributed by atoms with Gasteiger partial charge in [-0.15, -0.1) is 0 Å². The highest BCUT2D eigenvalue weighted by molar-refractivity contribution is 5.97. The molecule has 0 radical (unpaired) electrons. The van der Waals surface area contributed by atoms with Gasteiger partial charge in [-0.1, -0.05) is 24.8 Å². The summed E-state index contributed by atoms with van der Waals surface area (Å²) in [6.07, 6.45) is 1.62. The molecule has 3 heteroatoms. The largest absolute Gasteiger partial charge is 0.465 e. The molecule has 0 fully saturated rings. The second-order valence-corrected chi connectivity index (χ2v) is 2.60. The molecule has 0 heterocycles. The highest BCUT2D eigenvalue weighted by Gasteiger charge is 2.12. The van der Waals surface area contributed by atoms with Crippen molar-refractivity contribution in [3.8, 4) is 0 Å². The van der Waals surface area contributed by atoms with E-state index in [0.717, 1.165) is 5.56 Å². The first kappa shape index (κ1) is 10.2. The summed E-state index contributed by atoms with van der Waals surface area (Å²) in [5.41, 5.74) is 1.68. The van der Waals surface area contributed by atoms with E-state index in [4.69, 9.17) is 0 Å². The second kappa shape index (κ2) is 4.37. The highest BCUT2D eigenvalue weighted by Crippen LogP contribution is 2.25. The number of benzene rings is 1. The van der Waals surface area contributed by atoms with Crippen molar-refractivity contribution in [3.05, 3.63) is 35.9 Å². The van der Waals surface area contributed by atoms with Crippen molar-refractivity contribution in [1.82, 2.24) is 0 Å². The first-order valence-electron chi connectivity index (χ1n) is 4.05. The third-order valence-corrected chi connectivity index (χ3v) is 1.85. The summed E-state index contributed by atoms with van der Waals surface area (Å²) >= 11 is 0. The Morgan fingerprint density at radius 3 is 2.79 bits per heavy atom. The summed E-state index contributed by atoms with van der Waals surface area (Å²) in [6.45, 7) is 7.04. The van der Waals surface area contributed by atoms with Crippen LogP contribution in [0.1, 0.15) is 15.9 Å². The minimum atomic E-state index is -0.420. The number of methoxy groups -OCH3 is 1. The van der Waals surface area contributed by atoms with Gasteiger partial charge < -0.3 is 4.74 Å². The summed E-state index contributed by atoms with van der Waals surface area (Å²) in [4.78, 5) is 15.1. The molecule has 0 amide bonds. The lowest BCUT2D eigenvalue weighted by Gasteiger charge is -2.05. The van der Waals surface area contributed by atoms with Gasteiger partial charge in [0.05, 0.1) is 18.4 Å². The summed E-state index contributed by atoms with van der Waals surface area (Å²) in [6, 6.07) is 5.20. The van der Waals surface area contributed by atoms with E-state index in [1.807, 2.05) is 6.07 Å². The third-order valence-electron chi connectivity index (χ3n) is 1.85. The lowest BCUT2D eigenvalue weighted by molar-refractivity contribution is 0.0601. The van der Waals surface area contributed by atoms with Crippen LogP contribution in [0.3, 0.4) is 0 Å². The fraction of sp³-hybridized carbons (Fsp3) is 0.0909. The minimum absolute atomic E-state index is 0.403. The fourth-order valence-electron chi connectivity index (χ4n) is 1.18. The lowest BCUT2D eigenvalue weighted by atomic mass is 10.1. The van der Waals surface area contributed by atoms with E-state index in [9.17, 15) is 4.79 Å². The smallest absolute Gasteiger partial charge is 0.340 e. The first-order valence-corrected chi connectivity index (χ1v) is 4.05. The molecule has 0 aliphatic carbocycles. The number of aliphatic imine (C=N–C) groups is 1. The van der Waals surface area contributed by atoms with E-state index < -0.39 is 5.97 Å². The Kier molecular flexibility index (Phi) is 3.18. The fourth-order valence-corrected chi connectivity index (χ4v) is 1.18. The van der Waals surface area contributed by atoms with Gasteiger partial charge in [0, 0.05) is 5.56 Å². The number of hydrogen-bond donors (Lipinski definition) is 0. The average Bonchev–Trinajstić information content (AvgIpc) is 2.26. The first-order chi connectivity index (χ1) is 6.74. The maximum Gasteiger partial charge on any atom is 0.340 e. The van der Waals surface area contributed by atoms with Crippen molar-refractivity contribution in [2.45, 2.75) is 0 Å². The van der Waals surface area contributed by atoms with Crippen molar-refractivity contribution >= 4 is 24.5 Å². The number of nitrogens with zero attached hydrogens (tertiary/aromatic N) is 1. The minimum Gasteiger partial charge on any atom is -0.465 e. The number of ether oxygens (including phenoxy) is 1.